The number of hydrogen-bond donors (Lipinski definition) is 3. The van der Waals surface area contributed by atoms with Crippen LogP contribution >= 0.6 is 0 Å². The van der Waals surface area contributed by atoms with Crippen LogP contribution in [0.15, 0.2) is 36.4 Å². The van der Waals surface area contributed by atoms with Crippen molar-refractivity contribution < 1.29 is 22.7 Å². The van der Waals surface area contributed by atoms with Crippen molar-refractivity contribution >= 4 is 23.8 Å². The van der Waals surface area contributed by atoms with E-state index >= 15 is 0 Å². The predicted molar refractivity (Wildman–Crippen MR) is 148 cm³/mol. The standard InChI is InChI=1S/C30H36F3N5O2/c1-4-40-22-14-29(15-22,27(35)37(3)18-34)20-7-5-8-21(13-20)38-17-24-23(26(38)39)11-19(12-25(24)30(31,32)33)16-36-28(2)9-6-10-28/h5,7-8,11-13,18,22,34-36H,4,6,9-10,14-17H2,1-3H3. The molecule has 0 unspecified atom stereocenters. The molecule has 40 heavy (non-hydrogen) atoms. The molecule has 0 aromatic heterocycles. The first-order chi connectivity index (χ1) is 18.9. The van der Waals surface area contributed by atoms with Crippen LogP contribution in [0.5, 0.6) is 0 Å². The molecule has 5 rings (SSSR count). The highest BCUT2D eigenvalue weighted by Gasteiger charge is 2.51. The fourth-order valence-corrected chi connectivity index (χ4v) is 6.24. The highest BCUT2D eigenvalue weighted by atomic mass is 19.4. The van der Waals surface area contributed by atoms with Gasteiger partial charge in [-0.15, -0.1) is 0 Å². The van der Waals surface area contributed by atoms with Crippen LogP contribution in [0.1, 0.15) is 78.6 Å². The van der Waals surface area contributed by atoms with Crippen molar-refractivity contribution in [2.45, 2.75) is 82.3 Å². The van der Waals surface area contributed by atoms with Crippen LogP contribution < -0.4 is 10.2 Å². The summed E-state index contributed by atoms with van der Waals surface area (Å²) in [5, 5.41) is 19.8. The summed E-state index contributed by atoms with van der Waals surface area (Å²) in [6.07, 6.45) is 0.605. The Balaban J connectivity index is 1.47. The van der Waals surface area contributed by atoms with Gasteiger partial charge < -0.3 is 19.9 Å². The number of anilines is 1. The maximum absolute atomic E-state index is 14.2. The van der Waals surface area contributed by atoms with Gasteiger partial charge in [0.25, 0.3) is 5.91 Å². The lowest BCUT2D eigenvalue weighted by Gasteiger charge is -2.49. The topological polar surface area (TPSA) is 92.5 Å². The summed E-state index contributed by atoms with van der Waals surface area (Å²) in [4.78, 5) is 16.4. The average molecular weight is 556 g/mol. The number of likely N-dealkylation sites (N-methyl/N-ethyl adjacent to an activating group) is 1. The van der Waals surface area contributed by atoms with Crippen molar-refractivity contribution in [2.24, 2.45) is 0 Å². The molecule has 0 spiro atoms. The van der Waals surface area contributed by atoms with E-state index in [4.69, 9.17) is 15.6 Å². The third-order valence-electron chi connectivity index (χ3n) is 8.85. The smallest absolute Gasteiger partial charge is 0.378 e. The number of nitrogens with one attached hydrogen (secondary N) is 3. The van der Waals surface area contributed by atoms with Crippen LogP contribution in [0.25, 0.3) is 0 Å². The molecule has 1 aliphatic heterocycles. The summed E-state index contributed by atoms with van der Waals surface area (Å²) in [5.41, 5.74) is 0.224. The minimum Gasteiger partial charge on any atom is -0.378 e. The molecule has 7 nitrogen and oxygen atoms in total. The van der Waals surface area contributed by atoms with Crippen LogP contribution in [-0.4, -0.2) is 48.3 Å². The third-order valence-corrected chi connectivity index (χ3v) is 8.85. The number of benzene rings is 2. The molecular formula is C30H36F3N5O2. The molecule has 0 atom stereocenters. The van der Waals surface area contributed by atoms with Crippen molar-refractivity contribution in [3.63, 3.8) is 0 Å². The van der Waals surface area contributed by atoms with Gasteiger partial charge in [0.15, 0.2) is 0 Å². The van der Waals surface area contributed by atoms with E-state index in [9.17, 15) is 18.0 Å². The first-order valence-electron chi connectivity index (χ1n) is 13.8. The highest BCUT2D eigenvalue weighted by molar-refractivity contribution is 6.10. The molecule has 2 aromatic rings. The summed E-state index contributed by atoms with van der Waals surface area (Å²) < 4.78 is 48.3. The van der Waals surface area contributed by atoms with Crippen LogP contribution in [0.2, 0.25) is 0 Å². The van der Waals surface area contributed by atoms with E-state index in [0.717, 1.165) is 31.2 Å². The zero-order chi connectivity index (χ0) is 28.9. The second kappa shape index (κ2) is 10.3. The summed E-state index contributed by atoms with van der Waals surface area (Å²) in [7, 11) is 1.64. The third kappa shape index (κ3) is 4.92. The Labute approximate surface area is 232 Å². The number of carbonyl (C=O) groups excluding carboxylic acids is 1. The number of hydrogen-bond acceptors (Lipinski definition) is 5. The van der Waals surface area contributed by atoms with E-state index in [2.05, 4.69) is 12.2 Å². The fraction of sp³-hybridized carbons (Fsp3) is 0.500. The molecular weight excluding hydrogens is 519 g/mol. The summed E-state index contributed by atoms with van der Waals surface area (Å²) in [5.74, 6) is -0.223. The number of fused-ring (bicyclic) bond motifs is 1. The minimum absolute atomic E-state index is 0.00689. The quantitative estimate of drug-likeness (QED) is 0.267. The van der Waals surface area contributed by atoms with Crippen molar-refractivity contribution in [3.05, 3.63) is 64.2 Å². The van der Waals surface area contributed by atoms with Crippen molar-refractivity contribution in [1.29, 1.82) is 10.8 Å². The van der Waals surface area contributed by atoms with E-state index in [1.165, 1.54) is 15.9 Å². The van der Waals surface area contributed by atoms with Crippen molar-refractivity contribution in [2.75, 3.05) is 18.6 Å². The molecule has 1 heterocycles. The first kappa shape index (κ1) is 28.3. The van der Waals surface area contributed by atoms with Crippen LogP contribution in [0.4, 0.5) is 18.9 Å². The number of nitrogens with zero attached hydrogens (tertiary/aromatic N) is 2. The Bertz CT molecular complexity index is 1330. The van der Waals surface area contributed by atoms with Gasteiger partial charge >= 0.3 is 6.18 Å². The van der Waals surface area contributed by atoms with Crippen LogP contribution in [0.3, 0.4) is 0 Å². The Hall–Kier alpha value is -3.24. The molecule has 2 fully saturated rings. The number of amides is 1. The fourth-order valence-electron chi connectivity index (χ4n) is 6.24. The van der Waals surface area contributed by atoms with Gasteiger partial charge in [0.1, 0.15) is 5.84 Å². The molecule has 214 valence electrons. The molecule has 2 aliphatic carbocycles. The molecule has 3 N–H and O–H groups in total. The Morgan fingerprint density at radius 1 is 1.25 bits per heavy atom. The maximum Gasteiger partial charge on any atom is 0.416 e. The second-order valence-electron chi connectivity index (χ2n) is 11.5. The van der Waals surface area contributed by atoms with Gasteiger partial charge in [0, 0.05) is 37.0 Å². The van der Waals surface area contributed by atoms with Crippen LogP contribution in [0, 0.1) is 10.8 Å². The molecule has 0 radical (unpaired) electrons. The number of ether oxygens (including phenoxy) is 1. The normalized spacial score (nSPS) is 23.3. The van der Waals surface area contributed by atoms with Gasteiger partial charge in [-0.1, -0.05) is 12.1 Å². The predicted octanol–water partition coefficient (Wildman–Crippen LogP) is 5.85. The monoisotopic (exact) mass is 555 g/mol. The lowest BCUT2D eigenvalue weighted by molar-refractivity contribution is -0.138. The molecule has 0 bridgehead atoms. The molecule has 0 saturated heterocycles. The van der Waals surface area contributed by atoms with Gasteiger partial charge in [0.05, 0.1) is 30.0 Å². The van der Waals surface area contributed by atoms with Crippen molar-refractivity contribution in [3.8, 4) is 0 Å². The van der Waals surface area contributed by atoms with Gasteiger partial charge in [-0.2, -0.15) is 13.2 Å². The van der Waals surface area contributed by atoms with E-state index < -0.39 is 23.1 Å². The van der Waals surface area contributed by atoms with Gasteiger partial charge in [-0.3, -0.25) is 15.6 Å². The number of carbonyl (C=O) groups is 1. The van der Waals surface area contributed by atoms with Crippen LogP contribution in [-0.2, 0) is 29.4 Å². The molecule has 2 aromatic carbocycles. The SMILES string of the molecule is CCOC1CC(C(=N)N(C)C=N)(c2cccc(N3Cc4c(cc(CNC5(C)CCC5)cc4C(F)(F)F)C3=O)c2)C1. The zero-order valence-electron chi connectivity index (χ0n) is 23.1. The largest absolute Gasteiger partial charge is 0.416 e. The van der Waals surface area contributed by atoms with Gasteiger partial charge in [-0.05, 0) is 86.9 Å². The Morgan fingerprint density at radius 3 is 2.58 bits per heavy atom. The van der Waals surface area contributed by atoms with E-state index in [0.29, 0.717) is 30.7 Å². The summed E-state index contributed by atoms with van der Waals surface area (Å²) in [6.45, 7) is 4.62. The number of halogens is 3. The van der Waals surface area contributed by atoms with Crippen molar-refractivity contribution in [1.82, 2.24) is 10.2 Å². The summed E-state index contributed by atoms with van der Waals surface area (Å²) in [6, 6.07) is 9.93. The second-order valence-corrected chi connectivity index (χ2v) is 11.5. The molecule has 2 saturated carbocycles. The molecule has 10 heteroatoms. The lowest BCUT2D eigenvalue weighted by atomic mass is 9.61. The summed E-state index contributed by atoms with van der Waals surface area (Å²) >= 11 is 0. The molecule has 3 aliphatic rings. The van der Waals surface area contributed by atoms with Gasteiger partial charge in [-0.25, -0.2) is 0 Å². The Kier molecular flexibility index (Phi) is 7.29. The average Bonchev–Trinajstić information content (AvgIpc) is 3.22. The van der Waals surface area contributed by atoms with E-state index in [1.807, 2.05) is 13.0 Å². The first-order valence-corrected chi connectivity index (χ1v) is 13.8. The van der Waals surface area contributed by atoms with E-state index in [-0.39, 0.29) is 41.7 Å². The zero-order valence-corrected chi connectivity index (χ0v) is 23.1. The van der Waals surface area contributed by atoms with E-state index in [1.54, 1.807) is 31.3 Å². The maximum atomic E-state index is 14.2. The Morgan fingerprint density at radius 2 is 1.98 bits per heavy atom. The minimum atomic E-state index is -4.59. The number of rotatable bonds is 9. The number of alkyl halides is 3. The highest BCUT2D eigenvalue weighted by Crippen LogP contribution is 2.48. The molecule has 1 amide bonds. The number of amidine groups is 1. The lowest BCUT2D eigenvalue weighted by Crippen LogP contribution is -2.55. The van der Waals surface area contributed by atoms with Gasteiger partial charge in [0.2, 0.25) is 0 Å².